The number of ether oxygens (including phenoxy) is 2. The van der Waals surface area contributed by atoms with Crippen LogP contribution < -0.4 is 4.74 Å². The fourth-order valence-corrected chi connectivity index (χ4v) is 1.77. The van der Waals surface area contributed by atoms with E-state index in [2.05, 4.69) is 19.0 Å². The lowest BCUT2D eigenvalue weighted by molar-refractivity contribution is 0.0926. The summed E-state index contributed by atoms with van der Waals surface area (Å²) in [5.74, 6) is 1.54. The van der Waals surface area contributed by atoms with E-state index >= 15 is 0 Å². The van der Waals surface area contributed by atoms with Crippen molar-refractivity contribution >= 4 is 5.71 Å². The molecule has 1 N–H and O–H groups in total. The molecule has 0 aliphatic rings. The number of benzene rings is 1. The molecule has 0 aliphatic carbocycles. The van der Waals surface area contributed by atoms with Crippen LogP contribution in [0.3, 0.4) is 0 Å². The van der Waals surface area contributed by atoms with Gasteiger partial charge in [0.15, 0.2) is 0 Å². The minimum atomic E-state index is 0.577. The maximum Gasteiger partial charge on any atom is 0.119 e. The van der Waals surface area contributed by atoms with E-state index in [0.29, 0.717) is 19.1 Å². The van der Waals surface area contributed by atoms with Crippen LogP contribution in [0.15, 0.2) is 29.4 Å². The minimum absolute atomic E-state index is 0.577. The topological polar surface area (TPSA) is 51.0 Å². The SMILES string of the molecule is CC(CCc1ccc(OCCOCCC(C)C)cc1)=NO. The van der Waals surface area contributed by atoms with Gasteiger partial charge in [0.1, 0.15) is 12.4 Å². The van der Waals surface area contributed by atoms with Gasteiger partial charge in [0, 0.05) is 6.61 Å². The maximum absolute atomic E-state index is 8.60. The van der Waals surface area contributed by atoms with Gasteiger partial charge in [-0.3, -0.25) is 0 Å². The summed E-state index contributed by atoms with van der Waals surface area (Å²) in [6, 6.07) is 8.02. The normalized spacial score (nSPS) is 11.9. The standard InChI is InChI=1S/C17H27NO3/c1-14(2)10-11-20-12-13-21-17-8-6-16(7-9-17)5-4-15(3)18-19/h6-9,14,19H,4-5,10-13H2,1-3H3. The number of nitrogens with zero attached hydrogens (tertiary/aromatic N) is 1. The summed E-state index contributed by atoms with van der Waals surface area (Å²) in [7, 11) is 0. The molecule has 0 fully saturated rings. The molecule has 1 aromatic rings. The first kappa shape index (κ1) is 17.5. The molecule has 118 valence electrons. The van der Waals surface area contributed by atoms with Crippen molar-refractivity contribution in [2.24, 2.45) is 11.1 Å². The monoisotopic (exact) mass is 293 g/mol. The average molecular weight is 293 g/mol. The van der Waals surface area contributed by atoms with E-state index in [9.17, 15) is 0 Å². The van der Waals surface area contributed by atoms with E-state index in [4.69, 9.17) is 14.7 Å². The van der Waals surface area contributed by atoms with E-state index in [1.165, 1.54) is 5.56 Å². The molecule has 1 rings (SSSR count). The Morgan fingerprint density at radius 1 is 1.14 bits per heavy atom. The van der Waals surface area contributed by atoms with E-state index in [1.807, 2.05) is 31.2 Å². The molecule has 0 spiro atoms. The summed E-state index contributed by atoms with van der Waals surface area (Å²) in [4.78, 5) is 0. The second-order valence-electron chi connectivity index (χ2n) is 5.62. The van der Waals surface area contributed by atoms with Crippen LogP contribution in [0.25, 0.3) is 0 Å². The molecule has 0 aliphatic heterocycles. The maximum atomic E-state index is 8.60. The van der Waals surface area contributed by atoms with Crippen molar-refractivity contribution < 1.29 is 14.7 Å². The second kappa shape index (κ2) is 10.2. The Labute approximate surface area is 127 Å². The summed E-state index contributed by atoms with van der Waals surface area (Å²) in [6.07, 6.45) is 2.72. The van der Waals surface area contributed by atoms with Gasteiger partial charge in [0.25, 0.3) is 0 Å². The largest absolute Gasteiger partial charge is 0.491 e. The van der Waals surface area contributed by atoms with Crippen molar-refractivity contribution in [2.45, 2.75) is 40.0 Å². The number of hydrogen-bond donors (Lipinski definition) is 1. The zero-order valence-electron chi connectivity index (χ0n) is 13.3. The first-order valence-corrected chi connectivity index (χ1v) is 7.59. The predicted octanol–water partition coefficient (Wildman–Crippen LogP) is 3.91. The van der Waals surface area contributed by atoms with Crippen LogP contribution in [0.1, 0.15) is 39.2 Å². The average Bonchev–Trinajstić information content (AvgIpc) is 2.49. The Bertz CT molecular complexity index is 413. The highest BCUT2D eigenvalue weighted by molar-refractivity contribution is 5.81. The second-order valence-corrected chi connectivity index (χ2v) is 5.62. The fraction of sp³-hybridized carbons (Fsp3) is 0.588. The zero-order valence-corrected chi connectivity index (χ0v) is 13.3. The third kappa shape index (κ3) is 8.35. The van der Waals surface area contributed by atoms with Crippen molar-refractivity contribution in [2.75, 3.05) is 19.8 Å². The highest BCUT2D eigenvalue weighted by Gasteiger charge is 1.99. The first-order valence-electron chi connectivity index (χ1n) is 7.59. The Kier molecular flexibility index (Phi) is 8.51. The van der Waals surface area contributed by atoms with E-state index < -0.39 is 0 Å². The third-order valence-electron chi connectivity index (χ3n) is 3.21. The van der Waals surface area contributed by atoms with Crippen LogP contribution in [0.2, 0.25) is 0 Å². The van der Waals surface area contributed by atoms with Crippen molar-refractivity contribution in [3.8, 4) is 5.75 Å². The number of aryl methyl sites for hydroxylation is 1. The summed E-state index contributed by atoms with van der Waals surface area (Å²) < 4.78 is 11.1. The summed E-state index contributed by atoms with van der Waals surface area (Å²) in [5, 5.41) is 11.8. The molecule has 0 amide bonds. The lowest BCUT2D eigenvalue weighted by Crippen LogP contribution is -2.08. The minimum Gasteiger partial charge on any atom is -0.491 e. The molecule has 4 heteroatoms. The quantitative estimate of drug-likeness (QED) is 0.308. The van der Waals surface area contributed by atoms with Crippen molar-refractivity contribution in [1.29, 1.82) is 0 Å². The fourth-order valence-electron chi connectivity index (χ4n) is 1.77. The molecule has 0 atom stereocenters. The molecule has 0 saturated heterocycles. The molecule has 0 heterocycles. The van der Waals surface area contributed by atoms with E-state index in [-0.39, 0.29) is 0 Å². The lowest BCUT2D eigenvalue weighted by Gasteiger charge is -2.09. The molecule has 0 radical (unpaired) electrons. The lowest BCUT2D eigenvalue weighted by atomic mass is 10.1. The van der Waals surface area contributed by atoms with Gasteiger partial charge >= 0.3 is 0 Å². The summed E-state index contributed by atoms with van der Waals surface area (Å²) >= 11 is 0. The van der Waals surface area contributed by atoms with Crippen LogP contribution in [-0.2, 0) is 11.2 Å². The number of hydrogen-bond acceptors (Lipinski definition) is 4. The molecule has 0 aromatic heterocycles. The van der Waals surface area contributed by atoms with Gasteiger partial charge in [-0.1, -0.05) is 31.1 Å². The van der Waals surface area contributed by atoms with Gasteiger partial charge in [0.05, 0.1) is 12.3 Å². The molecular weight excluding hydrogens is 266 g/mol. The van der Waals surface area contributed by atoms with Crippen LogP contribution in [0.4, 0.5) is 0 Å². The van der Waals surface area contributed by atoms with Gasteiger partial charge in [-0.15, -0.1) is 0 Å². The van der Waals surface area contributed by atoms with Crippen LogP contribution >= 0.6 is 0 Å². The highest BCUT2D eigenvalue weighted by Crippen LogP contribution is 2.13. The van der Waals surface area contributed by atoms with Gasteiger partial charge < -0.3 is 14.7 Å². The van der Waals surface area contributed by atoms with Crippen molar-refractivity contribution in [3.63, 3.8) is 0 Å². The molecule has 4 nitrogen and oxygen atoms in total. The Morgan fingerprint density at radius 3 is 2.48 bits per heavy atom. The Morgan fingerprint density at radius 2 is 1.86 bits per heavy atom. The summed E-state index contributed by atoms with van der Waals surface area (Å²) in [6.45, 7) is 8.20. The Balaban J connectivity index is 2.19. The van der Waals surface area contributed by atoms with Gasteiger partial charge in [-0.25, -0.2) is 0 Å². The summed E-state index contributed by atoms with van der Waals surface area (Å²) in [5.41, 5.74) is 1.95. The third-order valence-corrected chi connectivity index (χ3v) is 3.21. The molecule has 0 bridgehead atoms. The molecule has 0 unspecified atom stereocenters. The predicted molar refractivity (Wildman–Crippen MR) is 85.4 cm³/mol. The number of oxime groups is 1. The number of rotatable bonds is 10. The van der Waals surface area contributed by atoms with Crippen molar-refractivity contribution in [3.05, 3.63) is 29.8 Å². The van der Waals surface area contributed by atoms with Crippen LogP contribution in [0, 0.1) is 5.92 Å². The van der Waals surface area contributed by atoms with Crippen LogP contribution in [-0.4, -0.2) is 30.7 Å². The molecule has 0 saturated carbocycles. The highest BCUT2D eigenvalue weighted by atomic mass is 16.5. The molecule has 1 aromatic carbocycles. The van der Waals surface area contributed by atoms with Gasteiger partial charge in [-0.05, 0) is 49.8 Å². The zero-order chi connectivity index (χ0) is 15.5. The van der Waals surface area contributed by atoms with Gasteiger partial charge in [0.2, 0.25) is 0 Å². The van der Waals surface area contributed by atoms with E-state index in [0.717, 1.165) is 37.3 Å². The molecule has 21 heavy (non-hydrogen) atoms. The smallest absolute Gasteiger partial charge is 0.119 e. The van der Waals surface area contributed by atoms with Crippen molar-refractivity contribution in [1.82, 2.24) is 0 Å². The van der Waals surface area contributed by atoms with Gasteiger partial charge in [-0.2, -0.15) is 0 Å². The molecular formula is C17H27NO3. The first-order chi connectivity index (χ1) is 10.1. The van der Waals surface area contributed by atoms with E-state index in [1.54, 1.807) is 0 Å². The van der Waals surface area contributed by atoms with Crippen LogP contribution in [0.5, 0.6) is 5.75 Å². The Hall–Kier alpha value is -1.55.